The van der Waals surface area contributed by atoms with Gasteiger partial charge in [0.2, 0.25) is 0 Å². The fraction of sp³-hybridized carbons (Fsp3) is 0.200. The maximum absolute atomic E-state index is 12.5. The van der Waals surface area contributed by atoms with Gasteiger partial charge in [-0.15, -0.1) is 0 Å². The van der Waals surface area contributed by atoms with Gasteiger partial charge in [-0.05, 0) is 70.1 Å². The fourth-order valence-electron chi connectivity index (χ4n) is 4.12. The van der Waals surface area contributed by atoms with Crippen LogP contribution in [0, 0.1) is 0 Å². The predicted molar refractivity (Wildman–Crippen MR) is 144 cm³/mol. The van der Waals surface area contributed by atoms with Crippen molar-refractivity contribution in [3.8, 4) is 11.5 Å². The molecule has 0 atom stereocenters. The SMILES string of the molecule is COC(=O)c1ccc2cc(OCCOc3cc4ccc(C(=O)OC)cc4cc3C(=O)OC)c(C(=O)OC)cc2c1. The monoisotopic (exact) mass is 546 g/mol. The molecule has 0 saturated heterocycles. The van der Waals surface area contributed by atoms with Crippen LogP contribution in [0.4, 0.5) is 0 Å². The second-order valence-electron chi connectivity index (χ2n) is 8.48. The van der Waals surface area contributed by atoms with Gasteiger partial charge in [-0.25, -0.2) is 19.2 Å². The van der Waals surface area contributed by atoms with E-state index in [0.29, 0.717) is 21.9 Å². The molecule has 0 bridgehead atoms. The van der Waals surface area contributed by atoms with Crippen molar-refractivity contribution in [3.63, 3.8) is 0 Å². The number of carbonyl (C=O) groups excluding carboxylic acids is 4. The van der Waals surface area contributed by atoms with E-state index in [2.05, 4.69) is 0 Å². The molecule has 0 saturated carbocycles. The summed E-state index contributed by atoms with van der Waals surface area (Å²) >= 11 is 0. The maximum Gasteiger partial charge on any atom is 0.341 e. The van der Waals surface area contributed by atoms with Crippen molar-refractivity contribution in [1.82, 2.24) is 0 Å². The molecule has 0 aliphatic heterocycles. The lowest BCUT2D eigenvalue weighted by molar-refractivity contribution is 0.0583. The number of esters is 4. The summed E-state index contributed by atoms with van der Waals surface area (Å²) in [6.45, 7) is 0.0470. The zero-order chi connectivity index (χ0) is 28.8. The van der Waals surface area contributed by atoms with Crippen molar-refractivity contribution in [2.75, 3.05) is 41.7 Å². The highest BCUT2D eigenvalue weighted by atomic mass is 16.5. The molecule has 0 heterocycles. The number of rotatable bonds is 9. The molecular weight excluding hydrogens is 520 g/mol. The smallest absolute Gasteiger partial charge is 0.341 e. The van der Waals surface area contributed by atoms with E-state index >= 15 is 0 Å². The summed E-state index contributed by atoms with van der Waals surface area (Å²) in [7, 11) is 5.09. The van der Waals surface area contributed by atoms with Crippen LogP contribution in [0.5, 0.6) is 11.5 Å². The molecule has 10 heteroatoms. The van der Waals surface area contributed by atoms with E-state index in [-0.39, 0.29) is 35.8 Å². The van der Waals surface area contributed by atoms with Crippen LogP contribution in [0.2, 0.25) is 0 Å². The second kappa shape index (κ2) is 12.2. The third-order valence-electron chi connectivity index (χ3n) is 6.13. The van der Waals surface area contributed by atoms with Gasteiger partial charge in [0.05, 0.1) is 39.6 Å². The second-order valence-corrected chi connectivity index (χ2v) is 8.48. The minimum Gasteiger partial charge on any atom is -0.489 e. The average molecular weight is 547 g/mol. The van der Waals surface area contributed by atoms with Gasteiger partial charge in [0.1, 0.15) is 35.8 Å². The van der Waals surface area contributed by atoms with Crippen LogP contribution in [-0.2, 0) is 18.9 Å². The van der Waals surface area contributed by atoms with Gasteiger partial charge in [0.15, 0.2) is 0 Å². The third kappa shape index (κ3) is 5.80. The Hall–Kier alpha value is -5.12. The van der Waals surface area contributed by atoms with Crippen molar-refractivity contribution >= 4 is 45.4 Å². The van der Waals surface area contributed by atoms with E-state index in [4.69, 9.17) is 28.4 Å². The summed E-state index contributed by atoms with van der Waals surface area (Å²) in [5.74, 6) is -1.71. The first-order valence-electron chi connectivity index (χ1n) is 12.0. The van der Waals surface area contributed by atoms with E-state index in [1.807, 2.05) is 0 Å². The molecule has 0 unspecified atom stereocenters. The molecule has 10 nitrogen and oxygen atoms in total. The molecule has 0 aromatic heterocycles. The van der Waals surface area contributed by atoms with E-state index in [1.54, 1.807) is 60.7 Å². The molecule has 4 rings (SSSR count). The fourth-order valence-corrected chi connectivity index (χ4v) is 4.12. The van der Waals surface area contributed by atoms with E-state index in [1.165, 1.54) is 28.4 Å². The standard InChI is InChI=1S/C30H26O10/c1-35-27(31)19-7-5-17-15-25(23(29(33)37-3)13-21(17)11-19)39-9-10-40-26-16-18-6-8-20(28(32)36-2)12-22(18)14-24(26)30(34)38-4/h5-8,11-16H,9-10H2,1-4H3. The Labute approximate surface area is 229 Å². The number of benzene rings is 4. The highest BCUT2D eigenvalue weighted by molar-refractivity contribution is 6.02. The summed E-state index contributed by atoms with van der Waals surface area (Å²) in [5, 5.41) is 2.71. The quantitative estimate of drug-likeness (QED) is 0.167. The molecule has 0 amide bonds. The summed E-state index contributed by atoms with van der Waals surface area (Å²) in [5.41, 5.74) is 1.01. The van der Waals surface area contributed by atoms with Crippen molar-refractivity contribution in [2.24, 2.45) is 0 Å². The predicted octanol–water partition coefficient (Wildman–Crippen LogP) is 4.60. The zero-order valence-corrected chi connectivity index (χ0v) is 22.3. The summed E-state index contributed by atoms with van der Waals surface area (Å²) < 4.78 is 31.1. The molecule has 4 aromatic carbocycles. The van der Waals surface area contributed by atoms with Crippen LogP contribution in [0.25, 0.3) is 21.5 Å². The number of fused-ring (bicyclic) bond motifs is 2. The number of hydrogen-bond acceptors (Lipinski definition) is 10. The van der Waals surface area contributed by atoms with Gasteiger partial charge < -0.3 is 28.4 Å². The van der Waals surface area contributed by atoms with Gasteiger partial charge in [-0.3, -0.25) is 0 Å². The lowest BCUT2D eigenvalue weighted by atomic mass is 10.0. The molecule has 0 spiro atoms. The van der Waals surface area contributed by atoms with Crippen molar-refractivity contribution < 1.29 is 47.6 Å². The topological polar surface area (TPSA) is 124 Å². The normalized spacial score (nSPS) is 10.6. The van der Waals surface area contributed by atoms with Crippen LogP contribution in [0.3, 0.4) is 0 Å². The average Bonchev–Trinajstić information content (AvgIpc) is 2.99. The van der Waals surface area contributed by atoms with Gasteiger partial charge in [-0.2, -0.15) is 0 Å². The molecule has 4 aromatic rings. The highest BCUT2D eigenvalue weighted by Gasteiger charge is 2.18. The zero-order valence-electron chi connectivity index (χ0n) is 22.3. The van der Waals surface area contributed by atoms with Gasteiger partial charge >= 0.3 is 23.9 Å². The molecule has 206 valence electrons. The minimum atomic E-state index is -0.616. The van der Waals surface area contributed by atoms with Crippen molar-refractivity contribution in [2.45, 2.75) is 0 Å². The van der Waals surface area contributed by atoms with Crippen molar-refractivity contribution in [3.05, 3.63) is 82.9 Å². The lowest BCUT2D eigenvalue weighted by Gasteiger charge is -2.15. The molecule has 0 radical (unpaired) electrons. The first kappa shape index (κ1) is 27.9. The Bertz CT molecular complexity index is 1500. The Morgan fingerprint density at radius 1 is 0.475 bits per heavy atom. The van der Waals surface area contributed by atoms with E-state index in [9.17, 15) is 19.2 Å². The van der Waals surface area contributed by atoms with Crippen LogP contribution < -0.4 is 9.47 Å². The van der Waals surface area contributed by atoms with E-state index < -0.39 is 23.9 Å². The third-order valence-corrected chi connectivity index (χ3v) is 6.13. The maximum atomic E-state index is 12.5. The Kier molecular flexibility index (Phi) is 8.48. The van der Waals surface area contributed by atoms with Gasteiger partial charge in [-0.1, -0.05) is 12.1 Å². The van der Waals surface area contributed by atoms with Gasteiger partial charge in [0, 0.05) is 0 Å². The first-order valence-corrected chi connectivity index (χ1v) is 12.0. The Balaban J connectivity index is 1.56. The number of hydrogen-bond donors (Lipinski definition) is 0. The summed E-state index contributed by atoms with van der Waals surface area (Å²) in [6.07, 6.45) is 0. The molecular formula is C30H26O10. The molecule has 0 fully saturated rings. The van der Waals surface area contributed by atoms with Crippen LogP contribution >= 0.6 is 0 Å². The largest absolute Gasteiger partial charge is 0.489 e. The number of methoxy groups -OCH3 is 4. The Morgan fingerprint density at radius 2 is 0.850 bits per heavy atom. The summed E-state index contributed by atoms with van der Waals surface area (Å²) in [6, 6.07) is 16.4. The number of carbonyl (C=O) groups is 4. The molecule has 0 N–H and O–H groups in total. The molecule has 0 aliphatic rings. The minimum absolute atomic E-state index is 0.0235. The highest BCUT2D eigenvalue weighted by Crippen LogP contribution is 2.30. The molecule has 0 aliphatic carbocycles. The summed E-state index contributed by atoms with van der Waals surface area (Å²) in [4.78, 5) is 48.7. The van der Waals surface area contributed by atoms with Crippen LogP contribution in [-0.4, -0.2) is 65.5 Å². The van der Waals surface area contributed by atoms with Gasteiger partial charge in [0.25, 0.3) is 0 Å². The van der Waals surface area contributed by atoms with Crippen LogP contribution in [0.1, 0.15) is 41.4 Å². The Morgan fingerprint density at radius 3 is 1.20 bits per heavy atom. The number of ether oxygens (including phenoxy) is 6. The molecule has 40 heavy (non-hydrogen) atoms. The first-order chi connectivity index (χ1) is 19.3. The van der Waals surface area contributed by atoms with Crippen molar-refractivity contribution in [1.29, 1.82) is 0 Å². The van der Waals surface area contributed by atoms with Crippen LogP contribution in [0.15, 0.2) is 60.7 Å². The lowest BCUT2D eigenvalue weighted by Crippen LogP contribution is -2.14. The van der Waals surface area contributed by atoms with E-state index in [0.717, 1.165) is 10.8 Å².